The number of nitrogens with one attached hydrogen (secondary N) is 1. The number of rotatable bonds is 8. The van der Waals surface area contributed by atoms with Crippen molar-refractivity contribution in [2.75, 3.05) is 47.1 Å². The quantitative estimate of drug-likeness (QED) is 0.399. The summed E-state index contributed by atoms with van der Waals surface area (Å²) in [7, 11) is 3.31. The average Bonchev–Trinajstić information content (AvgIpc) is 2.09. The highest BCUT2D eigenvalue weighted by Gasteiger charge is 2.04. The van der Waals surface area contributed by atoms with Crippen molar-refractivity contribution in [1.82, 2.24) is 4.90 Å². The highest BCUT2D eigenvalue weighted by atomic mass is 16.5. The van der Waals surface area contributed by atoms with Crippen LogP contribution in [0.4, 0.5) is 0 Å². The molecule has 0 amide bonds. The van der Waals surface area contributed by atoms with Crippen LogP contribution in [-0.2, 0) is 9.47 Å². The highest BCUT2D eigenvalue weighted by molar-refractivity contribution is 5.78. The number of nitrogens with zero attached hydrogens (tertiary/aromatic N) is 1. The lowest BCUT2D eigenvalue weighted by molar-refractivity contribution is 0.123. The van der Waals surface area contributed by atoms with E-state index in [1.807, 2.05) is 4.90 Å². The number of nitrogens with two attached hydrogens (primary N) is 1. The molecule has 0 bridgehead atoms. The molecule has 13 heavy (non-hydrogen) atoms. The van der Waals surface area contributed by atoms with Crippen molar-refractivity contribution in [1.29, 1.82) is 5.41 Å². The first-order chi connectivity index (χ1) is 6.20. The molecule has 0 aliphatic heterocycles. The molecule has 0 heterocycles. The summed E-state index contributed by atoms with van der Waals surface area (Å²) in [6.45, 7) is 3.33. The molecular formula is C8H19N3O2. The summed E-state index contributed by atoms with van der Waals surface area (Å²) in [5, 5.41) is 7.15. The van der Waals surface area contributed by atoms with Gasteiger partial charge in [-0.2, -0.15) is 0 Å². The summed E-state index contributed by atoms with van der Waals surface area (Å²) in [5.41, 5.74) is 5.30. The summed E-state index contributed by atoms with van der Waals surface area (Å²) in [4.78, 5) is 2.02. The molecule has 0 aliphatic rings. The molecule has 0 saturated carbocycles. The van der Waals surface area contributed by atoms with E-state index in [1.165, 1.54) is 0 Å². The SMILES string of the molecule is COCCN(CCOC)CC(=N)N. The van der Waals surface area contributed by atoms with Gasteiger partial charge in [0.1, 0.15) is 5.84 Å². The van der Waals surface area contributed by atoms with Gasteiger partial charge in [0.05, 0.1) is 19.8 Å². The zero-order valence-corrected chi connectivity index (χ0v) is 8.38. The second-order valence-electron chi connectivity index (χ2n) is 2.79. The second-order valence-corrected chi connectivity index (χ2v) is 2.79. The first kappa shape index (κ1) is 12.3. The van der Waals surface area contributed by atoms with E-state index in [-0.39, 0.29) is 5.84 Å². The molecule has 0 aliphatic carbocycles. The first-order valence-corrected chi connectivity index (χ1v) is 4.23. The number of amidine groups is 1. The minimum atomic E-state index is 0.173. The predicted molar refractivity (Wildman–Crippen MR) is 52.1 cm³/mol. The number of ether oxygens (including phenoxy) is 2. The van der Waals surface area contributed by atoms with E-state index >= 15 is 0 Å². The van der Waals surface area contributed by atoms with Gasteiger partial charge in [-0.1, -0.05) is 0 Å². The Bertz CT molecular complexity index is 133. The van der Waals surface area contributed by atoms with E-state index < -0.39 is 0 Å². The third-order valence-electron chi connectivity index (χ3n) is 1.62. The van der Waals surface area contributed by atoms with Crippen molar-refractivity contribution >= 4 is 5.84 Å². The van der Waals surface area contributed by atoms with Crippen molar-refractivity contribution < 1.29 is 9.47 Å². The molecule has 0 unspecified atom stereocenters. The molecular weight excluding hydrogens is 170 g/mol. The van der Waals surface area contributed by atoms with Crippen LogP contribution in [0.3, 0.4) is 0 Å². The summed E-state index contributed by atoms with van der Waals surface area (Å²) in [5.74, 6) is 0.173. The number of hydrogen-bond donors (Lipinski definition) is 2. The fourth-order valence-electron chi connectivity index (χ4n) is 0.952. The van der Waals surface area contributed by atoms with Gasteiger partial charge in [0.25, 0.3) is 0 Å². The highest BCUT2D eigenvalue weighted by Crippen LogP contribution is 1.88. The van der Waals surface area contributed by atoms with E-state index in [9.17, 15) is 0 Å². The van der Waals surface area contributed by atoms with Gasteiger partial charge in [0.15, 0.2) is 0 Å². The van der Waals surface area contributed by atoms with Gasteiger partial charge in [0, 0.05) is 27.3 Å². The van der Waals surface area contributed by atoms with Gasteiger partial charge in [-0.05, 0) is 0 Å². The molecule has 0 radical (unpaired) electrons. The maximum atomic E-state index is 7.15. The molecule has 0 fully saturated rings. The van der Waals surface area contributed by atoms with Gasteiger partial charge < -0.3 is 15.2 Å². The number of hydrogen-bond acceptors (Lipinski definition) is 4. The smallest absolute Gasteiger partial charge is 0.105 e. The van der Waals surface area contributed by atoms with E-state index in [4.69, 9.17) is 20.6 Å². The second kappa shape index (κ2) is 7.97. The van der Waals surface area contributed by atoms with Crippen LogP contribution in [0.15, 0.2) is 0 Å². The van der Waals surface area contributed by atoms with Crippen LogP contribution < -0.4 is 5.73 Å². The number of methoxy groups -OCH3 is 2. The summed E-state index contributed by atoms with van der Waals surface area (Å²) >= 11 is 0. The lowest BCUT2D eigenvalue weighted by atomic mass is 10.4. The Balaban J connectivity index is 3.66. The molecule has 0 atom stereocenters. The van der Waals surface area contributed by atoms with Gasteiger partial charge in [0.2, 0.25) is 0 Å². The Morgan fingerprint density at radius 1 is 1.23 bits per heavy atom. The molecule has 0 aromatic rings. The Kier molecular flexibility index (Phi) is 7.57. The predicted octanol–water partition coefficient (Wildman–Crippen LogP) is -0.483. The van der Waals surface area contributed by atoms with Gasteiger partial charge >= 0.3 is 0 Å². The summed E-state index contributed by atoms with van der Waals surface area (Å²) in [6, 6.07) is 0. The Morgan fingerprint density at radius 2 is 1.69 bits per heavy atom. The minimum Gasteiger partial charge on any atom is -0.387 e. The van der Waals surface area contributed by atoms with Crippen LogP contribution in [0.1, 0.15) is 0 Å². The molecule has 0 spiro atoms. The molecule has 3 N–H and O–H groups in total. The zero-order valence-electron chi connectivity index (χ0n) is 8.38. The van der Waals surface area contributed by atoms with Crippen LogP contribution in [0, 0.1) is 5.41 Å². The summed E-state index contributed by atoms with van der Waals surface area (Å²) < 4.78 is 9.88. The van der Waals surface area contributed by atoms with E-state index in [0.717, 1.165) is 13.1 Å². The lowest BCUT2D eigenvalue weighted by Gasteiger charge is -2.20. The maximum absolute atomic E-state index is 7.15. The molecule has 0 saturated heterocycles. The van der Waals surface area contributed by atoms with Crippen LogP contribution >= 0.6 is 0 Å². The lowest BCUT2D eigenvalue weighted by Crippen LogP contribution is -2.37. The van der Waals surface area contributed by atoms with Crippen molar-refractivity contribution in [3.05, 3.63) is 0 Å². The van der Waals surface area contributed by atoms with Crippen LogP contribution in [0.2, 0.25) is 0 Å². The average molecular weight is 189 g/mol. The molecule has 0 rings (SSSR count). The van der Waals surface area contributed by atoms with E-state index in [0.29, 0.717) is 19.8 Å². The minimum absolute atomic E-state index is 0.173. The van der Waals surface area contributed by atoms with E-state index in [1.54, 1.807) is 14.2 Å². The normalized spacial score (nSPS) is 10.7. The van der Waals surface area contributed by atoms with Gasteiger partial charge in [-0.3, -0.25) is 10.3 Å². The Morgan fingerprint density at radius 3 is 2.00 bits per heavy atom. The Labute approximate surface area is 79.3 Å². The van der Waals surface area contributed by atoms with Crippen molar-refractivity contribution in [2.24, 2.45) is 5.73 Å². The third kappa shape index (κ3) is 7.70. The Hall–Kier alpha value is -0.650. The molecule has 0 aromatic heterocycles. The first-order valence-electron chi connectivity index (χ1n) is 4.23. The van der Waals surface area contributed by atoms with Crippen molar-refractivity contribution in [2.45, 2.75) is 0 Å². The monoisotopic (exact) mass is 189 g/mol. The largest absolute Gasteiger partial charge is 0.387 e. The van der Waals surface area contributed by atoms with Crippen molar-refractivity contribution in [3.8, 4) is 0 Å². The molecule has 0 aromatic carbocycles. The van der Waals surface area contributed by atoms with Crippen LogP contribution in [-0.4, -0.2) is 57.8 Å². The van der Waals surface area contributed by atoms with Crippen LogP contribution in [0.5, 0.6) is 0 Å². The maximum Gasteiger partial charge on any atom is 0.105 e. The summed E-state index contributed by atoms with van der Waals surface area (Å²) in [6.07, 6.45) is 0. The van der Waals surface area contributed by atoms with Gasteiger partial charge in [-0.15, -0.1) is 0 Å². The molecule has 5 nitrogen and oxygen atoms in total. The molecule has 78 valence electrons. The third-order valence-corrected chi connectivity index (χ3v) is 1.62. The topological polar surface area (TPSA) is 71.6 Å². The van der Waals surface area contributed by atoms with Gasteiger partial charge in [-0.25, -0.2) is 0 Å². The molecule has 5 heteroatoms. The fourth-order valence-corrected chi connectivity index (χ4v) is 0.952. The van der Waals surface area contributed by atoms with Crippen LogP contribution in [0.25, 0.3) is 0 Å². The van der Waals surface area contributed by atoms with E-state index in [2.05, 4.69) is 0 Å². The zero-order chi connectivity index (χ0) is 10.1. The van der Waals surface area contributed by atoms with Crippen molar-refractivity contribution in [3.63, 3.8) is 0 Å². The standard InChI is InChI=1S/C8H19N3O2/c1-12-5-3-11(4-6-13-2)7-8(9)10/h3-7H2,1-2H3,(H3,9,10). The fraction of sp³-hybridized carbons (Fsp3) is 0.875.